The fourth-order valence-electron chi connectivity index (χ4n) is 2.48. The molecule has 0 aliphatic heterocycles. The van der Waals surface area contributed by atoms with Gasteiger partial charge in [-0.25, -0.2) is 4.79 Å². The van der Waals surface area contributed by atoms with Crippen LogP contribution >= 0.6 is 0 Å². The van der Waals surface area contributed by atoms with E-state index in [1.807, 2.05) is 30.5 Å². The Labute approximate surface area is 147 Å². The fraction of sp³-hybridized carbons (Fsp3) is 0.368. The molecule has 6 heteroatoms. The molecule has 0 aliphatic carbocycles. The average molecular weight is 343 g/mol. The molecule has 1 aromatic heterocycles. The van der Waals surface area contributed by atoms with E-state index in [1.54, 1.807) is 26.8 Å². The van der Waals surface area contributed by atoms with Gasteiger partial charge in [0, 0.05) is 30.1 Å². The van der Waals surface area contributed by atoms with E-state index >= 15 is 0 Å². The molecule has 2 rings (SSSR count). The number of amides is 2. The zero-order valence-electron chi connectivity index (χ0n) is 14.9. The van der Waals surface area contributed by atoms with Crippen molar-refractivity contribution in [2.45, 2.75) is 38.8 Å². The Morgan fingerprint density at radius 1 is 1.32 bits per heavy atom. The van der Waals surface area contributed by atoms with Crippen molar-refractivity contribution in [3.63, 3.8) is 0 Å². The Kier molecular flexibility index (Phi) is 5.85. The highest BCUT2D eigenvalue weighted by atomic mass is 16.6. The molecule has 0 aliphatic rings. The van der Waals surface area contributed by atoms with Gasteiger partial charge >= 0.3 is 6.09 Å². The first-order valence-electron chi connectivity index (χ1n) is 8.23. The third kappa shape index (κ3) is 5.38. The molecule has 25 heavy (non-hydrogen) atoms. The molecular formula is C19H25N3O3. The number of aromatic nitrogens is 1. The van der Waals surface area contributed by atoms with E-state index in [4.69, 9.17) is 4.74 Å². The zero-order valence-corrected chi connectivity index (χ0v) is 14.9. The molecule has 3 N–H and O–H groups in total. The Morgan fingerprint density at radius 3 is 2.72 bits per heavy atom. The number of rotatable bonds is 6. The van der Waals surface area contributed by atoms with Crippen LogP contribution in [0.5, 0.6) is 0 Å². The summed E-state index contributed by atoms with van der Waals surface area (Å²) in [7, 11) is 0. The highest BCUT2D eigenvalue weighted by Crippen LogP contribution is 2.19. The standard InChI is InChI=1S/C19H25N3O3/c1-5-10-20-17(23)16(22-18(24)25-19(2,3)4)11-13-12-21-15-9-7-6-8-14(13)15/h5-9,12,16,21H,1,10-11H2,2-4H3,(H,20,23)(H,22,24)/t16-/m0/s1. The van der Waals surface area contributed by atoms with E-state index in [1.165, 1.54) is 0 Å². The minimum Gasteiger partial charge on any atom is -0.444 e. The number of para-hydroxylation sites is 1. The molecule has 0 unspecified atom stereocenters. The average Bonchev–Trinajstić information content (AvgIpc) is 2.93. The first kappa shape index (κ1) is 18.6. The second-order valence-corrected chi connectivity index (χ2v) is 6.80. The van der Waals surface area contributed by atoms with Crippen molar-refractivity contribution in [2.75, 3.05) is 6.54 Å². The summed E-state index contributed by atoms with van der Waals surface area (Å²) in [5.41, 5.74) is 1.30. The van der Waals surface area contributed by atoms with Gasteiger partial charge in [-0.05, 0) is 32.4 Å². The number of aromatic amines is 1. The smallest absolute Gasteiger partial charge is 0.408 e. The Balaban J connectivity index is 2.17. The predicted molar refractivity (Wildman–Crippen MR) is 98.4 cm³/mol. The second kappa shape index (κ2) is 7.88. The van der Waals surface area contributed by atoms with Crippen molar-refractivity contribution < 1.29 is 14.3 Å². The number of ether oxygens (including phenoxy) is 1. The summed E-state index contributed by atoms with van der Waals surface area (Å²) in [5, 5.41) is 6.41. The molecule has 1 heterocycles. The van der Waals surface area contributed by atoms with E-state index in [-0.39, 0.29) is 5.91 Å². The summed E-state index contributed by atoms with van der Waals surface area (Å²) < 4.78 is 5.27. The first-order chi connectivity index (χ1) is 11.8. The van der Waals surface area contributed by atoms with Crippen LogP contribution in [-0.2, 0) is 16.0 Å². The van der Waals surface area contributed by atoms with Gasteiger partial charge in [0.25, 0.3) is 0 Å². The first-order valence-corrected chi connectivity index (χ1v) is 8.23. The summed E-state index contributed by atoms with van der Waals surface area (Å²) >= 11 is 0. The SMILES string of the molecule is C=CCNC(=O)[C@H](Cc1c[nH]c2ccccc12)NC(=O)OC(C)(C)C. The van der Waals surface area contributed by atoms with Crippen molar-refractivity contribution in [1.82, 2.24) is 15.6 Å². The van der Waals surface area contributed by atoms with Gasteiger partial charge < -0.3 is 20.4 Å². The lowest BCUT2D eigenvalue weighted by Gasteiger charge is -2.23. The molecule has 1 aromatic carbocycles. The molecule has 0 saturated carbocycles. The van der Waals surface area contributed by atoms with Gasteiger partial charge in [-0.1, -0.05) is 24.3 Å². The Bertz CT molecular complexity index is 759. The molecule has 0 fully saturated rings. The molecule has 1 atom stereocenters. The van der Waals surface area contributed by atoms with E-state index < -0.39 is 17.7 Å². The third-order valence-corrected chi connectivity index (χ3v) is 3.53. The van der Waals surface area contributed by atoms with Crippen LogP contribution in [-0.4, -0.2) is 35.2 Å². The zero-order chi connectivity index (χ0) is 18.4. The van der Waals surface area contributed by atoms with Gasteiger partial charge in [0.05, 0.1) is 0 Å². The van der Waals surface area contributed by atoms with Crippen LogP contribution in [0.3, 0.4) is 0 Å². The van der Waals surface area contributed by atoms with E-state index in [2.05, 4.69) is 22.2 Å². The number of hydrogen-bond acceptors (Lipinski definition) is 3. The topological polar surface area (TPSA) is 83.2 Å². The molecule has 134 valence electrons. The van der Waals surface area contributed by atoms with Crippen LogP contribution in [0.2, 0.25) is 0 Å². The maximum absolute atomic E-state index is 12.4. The molecule has 0 saturated heterocycles. The predicted octanol–water partition coefficient (Wildman–Crippen LogP) is 2.91. The highest BCUT2D eigenvalue weighted by Gasteiger charge is 2.25. The number of benzene rings is 1. The van der Waals surface area contributed by atoms with E-state index in [0.29, 0.717) is 13.0 Å². The lowest BCUT2D eigenvalue weighted by Crippen LogP contribution is -2.49. The van der Waals surface area contributed by atoms with Crippen molar-refractivity contribution in [3.8, 4) is 0 Å². The van der Waals surface area contributed by atoms with E-state index in [9.17, 15) is 9.59 Å². The van der Waals surface area contributed by atoms with Crippen LogP contribution in [0.15, 0.2) is 43.1 Å². The van der Waals surface area contributed by atoms with Crippen LogP contribution in [0, 0.1) is 0 Å². The third-order valence-electron chi connectivity index (χ3n) is 3.53. The van der Waals surface area contributed by atoms with Gasteiger partial charge in [-0.2, -0.15) is 0 Å². The number of fused-ring (bicyclic) bond motifs is 1. The second-order valence-electron chi connectivity index (χ2n) is 6.80. The van der Waals surface area contributed by atoms with Gasteiger partial charge in [0.15, 0.2) is 0 Å². The molecule has 0 spiro atoms. The minimum atomic E-state index is -0.742. The van der Waals surface area contributed by atoms with Gasteiger partial charge in [0.1, 0.15) is 11.6 Å². The Hall–Kier alpha value is -2.76. The number of alkyl carbamates (subject to hydrolysis) is 1. The molecule has 2 aromatic rings. The van der Waals surface area contributed by atoms with Crippen molar-refractivity contribution in [1.29, 1.82) is 0 Å². The number of nitrogens with one attached hydrogen (secondary N) is 3. The van der Waals surface area contributed by atoms with Gasteiger partial charge in [-0.3, -0.25) is 4.79 Å². The van der Waals surface area contributed by atoms with Gasteiger partial charge in [0.2, 0.25) is 5.91 Å². The molecule has 0 radical (unpaired) electrons. The van der Waals surface area contributed by atoms with E-state index in [0.717, 1.165) is 16.5 Å². The van der Waals surface area contributed by atoms with Crippen LogP contribution < -0.4 is 10.6 Å². The largest absolute Gasteiger partial charge is 0.444 e. The Morgan fingerprint density at radius 2 is 2.04 bits per heavy atom. The van der Waals surface area contributed by atoms with Crippen molar-refractivity contribution in [3.05, 3.63) is 48.7 Å². The minimum absolute atomic E-state index is 0.281. The molecule has 0 bridgehead atoms. The molecular weight excluding hydrogens is 318 g/mol. The molecule has 6 nitrogen and oxygen atoms in total. The number of H-pyrrole nitrogens is 1. The van der Waals surface area contributed by atoms with Crippen LogP contribution in [0.1, 0.15) is 26.3 Å². The van der Waals surface area contributed by atoms with Crippen molar-refractivity contribution in [2.24, 2.45) is 0 Å². The quantitative estimate of drug-likeness (QED) is 0.705. The number of carbonyl (C=O) groups is 2. The summed E-state index contributed by atoms with van der Waals surface area (Å²) in [6, 6.07) is 7.08. The normalized spacial score (nSPS) is 12.4. The summed E-state index contributed by atoms with van der Waals surface area (Å²) in [6.45, 7) is 9.25. The number of carbonyl (C=O) groups excluding carboxylic acids is 2. The number of hydrogen-bond donors (Lipinski definition) is 3. The van der Waals surface area contributed by atoms with Crippen LogP contribution in [0.4, 0.5) is 4.79 Å². The van der Waals surface area contributed by atoms with Gasteiger partial charge in [-0.15, -0.1) is 6.58 Å². The van der Waals surface area contributed by atoms with Crippen molar-refractivity contribution >= 4 is 22.9 Å². The summed E-state index contributed by atoms with van der Waals surface area (Å²) in [6.07, 6.45) is 3.18. The highest BCUT2D eigenvalue weighted by molar-refractivity contribution is 5.88. The van der Waals surface area contributed by atoms with Crippen LogP contribution in [0.25, 0.3) is 10.9 Å². The molecule has 2 amide bonds. The monoisotopic (exact) mass is 343 g/mol. The fourth-order valence-corrected chi connectivity index (χ4v) is 2.48. The lowest BCUT2D eigenvalue weighted by molar-refractivity contribution is -0.122. The maximum atomic E-state index is 12.4. The lowest BCUT2D eigenvalue weighted by atomic mass is 10.0. The maximum Gasteiger partial charge on any atom is 0.408 e. The summed E-state index contributed by atoms with van der Waals surface area (Å²) in [5.74, 6) is -0.281. The summed E-state index contributed by atoms with van der Waals surface area (Å²) in [4.78, 5) is 27.7.